The number of esters is 2. The van der Waals surface area contributed by atoms with Gasteiger partial charge in [0.05, 0.1) is 10.6 Å². The fraction of sp³-hybridized carbons (Fsp3) is 0.364. The van der Waals surface area contributed by atoms with Crippen LogP contribution in [0.3, 0.4) is 0 Å². The predicted octanol–water partition coefficient (Wildman–Crippen LogP) is 2.59. The van der Waals surface area contributed by atoms with Crippen LogP contribution in [0.5, 0.6) is 0 Å². The van der Waals surface area contributed by atoms with Crippen molar-refractivity contribution in [2.75, 3.05) is 0 Å². The van der Waals surface area contributed by atoms with E-state index in [0.717, 1.165) is 29.6 Å². The van der Waals surface area contributed by atoms with E-state index in [1.165, 1.54) is 12.1 Å². The molecule has 10 heteroatoms. The van der Waals surface area contributed by atoms with Gasteiger partial charge in [-0.15, -0.1) is 0 Å². The van der Waals surface area contributed by atoms with Gasteiger partial charge in [0, 0.05) is 25.2 Å². The number of imidazole rings is 1. The summed E-state index contributed by atoms with van der Waals surface area (Å²) in [5, 5.41) is 0. The Bertz CT molecular complexity index is 1190. The van der Waals surface area contributed by atoms with E-state index in [1.54, 1.807) is 18.3 Å². The van der Waals surface area contributed by atoms with Crippen LogP contribution in [0.1, 0.15) is 44.3 Å². The Morgan fingerprint density at radius 1 is 1.12 bits per heavy atom. The highest BCUT2D eigenvalue weighted by molar-refractivity contribution is 7.89. The molecule has 3 rings (SSSR count). The van der Waals surface area contributed by atoms with Gasteiger partial charge in [-0.25, -0.2) is 23.2 Å². The van der Waals surface area contributed by atoms with E-state index >= 15 is 0 Å². The largest absolute Gasteiger partial charge is 0.392 e. The van der Waals surface area contributed by atoms with Gasteiger partial charge in [-0.05, 0) is 43.0 Å². The number of H-pyrrole nitrogens is 1. The number of rotatable bonds is 8. The van der Waals surface area contributed by atoms with E-state index in [9.17, 15) is 18.0 Å². The van der Waals surface area contributed by atoms with Gasteiger partial charge >= 0.3 is 11.9 Å². The molecule has 1 atom stereocenters. The lowest BCUT2D eigenvalue weighted by atomic mass is 10.1. The van der Waals surface area contributed by atoms with Gasteiger partial charge < -0.3 is 9.72 Å². The quantitative estimate of drug-likeness (QED) is 0.392. The summed E-state index contributed by atoms with van der Waals surface area (Å²) in [6, 6.07) is 7.05. The maximum atomic E-state index is 12.8. The van der Waals surface area contributed by atoms with Crippen molar-refractivity contribution in [2.45, 2.75) is 51.5 Å². The second-order valence-corrected chi connectivity index (χ2v) is 9.71. The lowest BCUT2D eigenvalue weighted by molar-refractivity contribution is -0.159. The molecular weight excluding hydrogens is 432 g/mol. The number of fused-ring (bicyclic) bond motifs is 1. The molecule has 1 aromatic rings. The first-order chi connectivity index (χ1) is 15.0. The van der Waals surface area contributed by atoms with E-state index in [4.69, 9.17) is 0 Å². The molecule has 0 aromatic heterocycles. The molecule has 0 unspecified atom stereocenters. The average Bonchev–Trinajstić information content (AvgIpc) is 3.08. The summed E-state index contributed by atoms with van der Waals surface area (Å²) in [6.45, 7) is 6.60. The molecule has 0 saturated carbocycles. The van der Waals surface area contributed by atoms with Crippen LogP contribution in [0, 0.1) is 12.8 Å². The van der Waals surface area contributed by atoms with Crippen molar-refractivity contribution in [3.05, 3.63) is 53.6 Å². The van der Waals surface area contributed by atoms with Crippen LogP contribution in [0.4, 0.5) is 0 Å². The third kappa shape index (κ3) is 5.77. The summed E-state index contributed by atoms with van der Waals surface area (Å²) in [6.07, 6.45) is 2.51. The van der Waals surface area contributed by atoms with Gasteiger partial charge in [-0.1, -0.05) is 26.0 Å². The van der Waals surface area contributed by atoms with E-state index in [2.05, 4.69) is 24.4 Å². The van der Waals surface area contributed by atoms with Crippen LogP contribution in [0.25, 0.3) is 11.4 Å². The second-order valence-electron chi connectivity index (χ2n) is 8.00. The Morgan fingerprint density at radius 2 is 1.81 bits per heavy atom. The molecule has 0 fully saturated rings. The molecule has 0 bridgehead atoms. The first-order valence-corrected chi connectivity index (χ1v) is 11.7. The number of aryl methyl sites for hydroxylation is 1. The van der Waals surface area contributed by atoms with E-state index in [0.29, 0.717) is 12.2 Å². The highest BCUT2D eigenvalue weighted by atomic mass is 32.2. The highest BCUT2D eigenvalue weighted by Crippen LogP contribution is 2.24. The lowest BCUT2D eigenvalue weighted by Gasteiger charge is -2.18. The average molecular weight is 459 g/mol. The molecule has 1 aromatic carbocycles. The smallest absolute Gasteiger partial charge is 0.331 e. The number of pyridine rings is 1. The maximum absolute atomic E-state index is 12.8. The molecule has 2 heterocycles. The molecule has 2 aliphatic heterocycles. The minimum atomic E-state index is -4.00. The monoisotopic (exact) mass is 458 g/mol. The summed E-state index contributed by atoms with van der Waals surface area (Å²) < 4.78 is 32.6. The van der Waals surface area contributed by atoms with E-state index in [1.807, 2.05) is 26.8 Å². The van der Waals surface area contributed by atoms with Crippen molar-refractivity contribution in [3.8, 4) is 11.4 Å². The molecule has 0 radical (unpaired) electrons. The van der Waals surface area contributed by atoms with Crippen LogP contribution in [0.15, 0.2) is 41.4 Å². The van der Waals surface area contributed by atoms with Crippen LogP contribution in [-0.2, 0) is 30.8 Å². The SMILES string of the molecule is CC(=O)OC(=O)[C@H](CC(C)C)NS(=O)(=O)c1ccc(Cc2[nH]ccc3nc(C)nc2-3)cc1. The van der Waals surface area contributed by atoms with Gasteiger partial charge in [-0.2, -0.15) is 4.72 Å². The molecule has 170 valence electrons. The third-order valence-electron chi connectivity index (χ3n) is 4.73. The standard InChI is InChI=1S/C22H26N4O5S/c1-13(2)11-20(22(28)31-15(4)27)26-32(29,30)17-7-5-16(6-8-17)12-19-21-18(9-10-23-19)24-14(3)25-21/h5-10,13,20,23,26H,11-12H2,1-4H3/t20-/m0/s1. The predicted molar refractivity (Wildman–Crippen MR) is 117 cm³/mol. The Hall–Kier alpha value is -3.11. The summed E-state index contributed by atoms with van der Waals surface area (Å²) in [7, 11) is -4.00. The van der Waals surface area contributed by atoms with Gasteiger partial charge in [0.15, 0.2) is 0 Å². The van der Waals surface area contributed by atoms with Crippen LogP contribution in [0.2, 0.25) is 0 Å². The summed E-state index contributed by atoms with van der Waals surface area (Å²) >= 11 is 0. The number of carbonyl (C=O) groups is 2. The number of ether oxygens (including phenoxy) is 1. The number of nitrogens with one attached hydrogen (secondary N) is 2. The number of hydrogen-bond acceptors (Lipinski definition) is 7. The first-order valence-electron chi connectivity index (χ1n) is 10.2. The molecule has 9 nitrogen and oxygen atoms in total. The normalized spacial score (nSPS) is 12.8. The van der Waals surface area contributed by atoms with Crippen molar-refractivity contribution < 1.29 is 22.7 Å². The molecule has 2 aliphatic rings. The second kappa shape index (κ2) is 9.58. The topological polar surface area (TPSA) is 131 Å². The maximum Gasteiger partial charge on any atom is 0.331 e. The Kier molecular flexibility index (Phi) is 7.05. The fourth-order valence-electron chi connectivity index (χ4n) is 3.36. The first kappa shape index (κ1) is 23.6. The minimum absolute atomic E-state index is 0.00599. The Labute approximate surface area is 187 Å². The molecule has 0 spiro atoms. The van der Waals surface area contributed by atoms with Gasteiger partial charge in [0.2, 0.25) is 10.0 Å². The molecule has 0 saturated heterocycles. The van der Waals surface area contributed by atoms with Crippen molar-refractivity contribution in [3.63, 3.8) is 0 Å². The molecule has 32 heavy (non-hydrogen) atoms. The molecule has 0 amide bonds. The van der Waals surface area contributed by atoms with Gasteiger partial charge in [0.25, 0.3) is 0 Å². The molecular formula is C22H26N4O5S. The van der Waals surface area contributed by atoms with Crippen LogP contribution >= 0.6 is 0 Å². The summed E-state index contributed by atoms with van der Waals surface area (Å²) in [5.41, 5.74) is 3.33. The molecule has 2 N–H and O–H groups in total. The number of sulfonamides is 1. The number of nitrogens with zero attached hydrogens (tertiary/aromatic N) is 2. The lowest BCUT2D eigenvalue weighted by Crippen LogP contribution is -2.43. The highest BCUT2D eigenvalue weighted by Gasteiger charge is 2.28. The van der Waals surface area contributed by atoms with Crippen molar-refractivity contribution in [1.82, 2.24) is 19.7 Å². The fourth-order valence-corrected chi connectivity index (χ4v) is 4.55. The van der Waals surface area contributed by atoms with Crippen LogP contribution < -0.4 is 4.72 Å². The number of benzene rings is 1. The van der Waals surface area contributed by atoms with Gasteiger partial charge in [-0.3, -0.25) is 4.79 Å². The number of aromatic nitrogens is 3. The molecule has 0 aliphatic carbocycles. The van der Waals surface area contributed by atoms with E-state index < -0.39 is 28.0 Å². The van der Waals surface area contributed by atoms with Crippen molar-refractivity contribution in [2.24, 2.45) is 5.92 Å². The van der Waals surface area contributed by atoms with Gasteiger partial charge in [0.1, 0.15) is 17.6 Å². The minimum Gasteiger partial charge on any atom is -0.392 e. The zero-order valence-electron chi connectivity index (χ0n) is 18.4. The Morgan fingerprint density at radius 3 is 2.44 bits per heavy atom. The van der Waals surface area contributed by atoms with Crippen molar-refractivity contribution in [1.29, 1.82) is 0 Å². The zero-order chi connectivity index (χ0) is 23.5. The third-order valence-corrected chi connectivity index (χ3v) is 6.22. The Balaban J connectivity index is 1.77. The summed E-state index contributed by atoms with van der Waals surface area (Å²) in [4.78, 5) is 35.3. The van der Waals surface area contributed by atoms with Crippen molar-refractivity contribution >= 4 is 22.0 Å². The number of hydrogen-bond donors (Lipinski definition) is 2. The number of aromatic amines is 1. The number of carbonyl (C=O) groups excluding carboxylic acids is 2. The van der Waals surface area contributed by atoms with E-state index in [-0.39, 0.29) is 17.2 Å². The van der Waals surface area contributed by atoms with Crippen LogP contribution in [-0.4, -0.2) is 41.4 Å². The zero-order valence-corrected chi connectivity index (χ0v) is 19.2. The summed E-state index contributed by atoms with van der Waals surface area (Å²) in [5.74, 6) is -1.01.